The van der Waals surface area contributed by atoms with Crippen LogP contribution in [-0.2, 0) is 0 Å². The highest BCUT2D eigenvalue weighted by Crippen LogP contribution is 2.29. The molecule has 2 aliphatic heterocycles. The van der Waals surface area contributed by atoms with Crippen LogP contribution in [0.1, 0.15) is 33.6 Å². The number of likely N-dealkylation sites (tertiary alicyclic amines) is 1. The Balaban J connectivity index is 1.59. The van der Waals surface area contributed by atoms with E-state index in [1.54, 1.807) is 6.07 Å². The smallest absolute Gasteiger partial charge is 0.193 e. The Morgan fingerprint density at radius 3 is 2.73 bits per heavy atom. The van der Waals surface area contributed by atoms with Gasteiger partial charge in [-0.2, -0.15) is 0 Å². The first-order valence-corrected chi connectivity index (χ1v) is 9.61. The summed E-state index contributed by atoms with van der Waals surface area (Å²) in [6.45, 7) is 12.1. The third kappa shape index (κ3) is 4.46. The molecule has 1 aromatic rings. The average Bonchev–Trinajstić information content (AvgIpc) is 3.20. The molecule has 1 aromatic carbocycles. The predicted octanol–water partition coefficient (Wildman–Crippen LogP) is 3.49. The molecule has 1 atom stereocenters. The summed E-state index contributed by atoms with van der Waals surface area (Å²) in [5.74, 6) is -0.135. The lowest BCUT2D eigenvalue weighted by Crippen LogP contribution is -2.41. The van der Waals surface area contributed by atoms with Crippen LogP contribution in [0, 0.1) is 23.0 Å². The highest BCUT2D eigenvalue weighted by atomic mass is 19.2. The summed E-state index contributed by atoms with van der Waals surface area (Å²) in [6.07, 6.45) is 2.21. The van der Waals surface area contributed by atoms with E-state index in [2.05, 4.69) is 35.9 Å². The Bertz CT molecular complexity index is 659. The van der Waals surface area contributed by atoms with E-state index in [1.165, 1.54) is 18.6 Å². The first-order valence-electron chi connectivity index (χ1n) is 9.61. The minimum atomic E-state index is -0.794. The molecule has 144 valence electrons. The van der Waals surface area contributed by atoms with E-state index in [4.69, 9.17) is 4.99 Å². The van der Waals surface area contributed by atoms with Crippen LogP contribution in [-0.4, -0.2) is 50.1 Å². The van der Waals surface area contributed by atoms with Gasteiger partial charge in [0.25, 0.3) is 0 Å². The molecule has 4 nitrogen and oxygen atoms in total. The minimum absolute atomic E-state index is 0.340. The molecule has 0 aliphatic carbocycles. The van der Waals surface area contributed by atoms with Crippen molar-refractivity contribution < 1.29 is 8.78 Å². The molecule has 2 heterocycles. The third-order valence-corrected chi connectivity index (χ3v) is 5.37. The molecular weight excluding hydrogens is 334 g/mol. The van der Waals surface area contributed by atoms with Crippen molar-refractivity contribution in [3.05, 3.63) is 29.8 Å². The van der Waals surface area contributed by atoms with Gasteiger partial charge in [-0.1, -0.05) is 13.8 Å². The highest BCUT2D eigenvalue weighted by Gasteiger charge is 2.31. The monoisotopic (exact) mass is 364 g/mol. The molecule has 2 saturated heterocycles. The Kier molecular flexibility index (Phi) is 5.68. The van der Waals surface area contributed by atoms with Crippen LogP contribution in [0.4, 0.5) is 14.5 Å². The second kappa shape index (κ2) is 7.80. The van der Waals surface area contributed by atoms with Crippen molar-refractivity contribution in [2.75, 3.05) is 44.2 Å². The Labute approximate surface area is 155 Å². The van der Waals surface area contributed by atoms with E-state index in [1.807, 2.05) is 0 Å². The first kappa shape index (κ1) is 18.9. The molecule has 0 bridgehead atoms. The number of hydrogen-bond acceptors (Lipinski definition) is 2. The van der Waals surface area contributed by atoms with Gasteiger partial charge in [0.05, 0.1) is 0 Å². The number of anilines is 1. The van der Waals surface area contributed by atoms with Gasteiger partial charge in [-0.15, -0.1) is 0 Å². The van der Waals surface area contributed by atoms with Gasteiger partial charge in [-0.25, -0.2) is 8.78 Å². The summed E-state index contributed by atoms with van der Waals surface area (Å²) < 4.78 is 26.6. The van der Waals surface area contributed by atoms with Crippen LogP contribution >= 0.6 is 0 Å². The lowest BCUT2D eigenvalue weighted by molar-refractivity contribution is 0.369. The predicted molar refractivity (Wildman–Crippen MR) is 103 cm³/mol. The van der Waals surface area contributed by atoms with Gasteiger partial charge in [0.15, 0.2) is 17.6 Å². The number of nitrogens with one attached hydrogen (secondary N) is 1. The quantitative estimate of drug-likeness (QED) is 0.655. The Morgan fingerprint density at radius 2 is 2.08 bits per heavy atom. The summed E-state index contributed by atoms with van der Waals surface area (Å²) in [6, 6.07) is 4.15. The Hall–Kier alpha value is -1.85. The average molecular weight is 364 g/mol. The zero-order valence-electron chi connectivity index (χ0n) is 16.1. The van der Waals surface area contributed by atoms with Gasteiger partial charge in [0.2, 0.25) is 0 Å². The molecule has 0 radical (unpaired) electrons. The summed E-state index contributed by atoms with van der Waals surface area (Å²) in [4.78, 5) is 9.35. The second-order valence-corrected chi connectivity index (χ2v) is 8.23. The van der Waals surface area contributed by atoms with Crippen molar-refractivity contribution in [3.8, 4) is 0 Å². The van der Waals surface area contributed by atoms with E-state index in [0.29, 0.717) is 11.3 Å². The van der Waals surface area contributed by atoms with Crippen LogP contribution in [0.15, 0.2) is 23.2 Å². The maximum atomic E-state index is 13.5. The van der Waals surface area contributed by atoms with E-state index < -0.39 is 11.6 Å². The largest absolute Gasteiger partial charge is 0.371 e. The number of aliphatic imine (C=N–C) groups is 1. The number of halogens is 2. The molecule has 3 rings (SSSR count). The maximum Gasteiger partial charge on any atom is 0.193 e. The number of nitrogens with zero attached hydrogens (tertiary/aromatic N) is 3. The number of hydrogen-bond donors (Lipinski definition) is 1. The summed E-state index contributed by atoms with van der Waals surface area (Å²) in [5.41, 5.74) is 1.09. The topological polar surface area (TPSA) is 30.9 Å². The van der Waals surface area contributed by atoms with Crippen LogP contribution in [0.5, 0.6) is 0 Å². The normalized spacial score (nSPS) is 23.0. The minimum Gasteiger partial charge on any atom is -0.371 e. The number of guanidine groups is 1. The van der Waals surface area contributed by atoms with Crippen LogP contribution < -0.4 is 10.2 Å². The first-order chi connectivity index (χ1) is 12.4. The van der Waals surface area contributed by atoms with Gasteiger partial charge < -0.3 is 15.1 Å². The molecule has 6 heteroatoms. The molecular formula is C20H30F2N4. The van der Waals surface area contributed by atoms with Gasteiger partial charge in [-0.3, -0.25) is 4.99 Å². The molecule has 1 unspecified atom stereocenters. The molecule has 0 saturated carbocycles. The summed E-state index contributed by atoms with van der Waals surface area (Å²) >= 11 is 0. The van der Waals surface area contributed by atoms with Crippen molar-refractivity contribution in [2.24, 2.45) is 16.3 Å². The Morgan fingerprint density at radius 1 is 1.27 bits per heavy atom. The molecule has 1 N–H and O–H groups in total. The van der Waals surface area contributed by atoms with E-state index in [0.717, 1.165) is 57.3 Å². The van der Waals surface area contributed by atoms with E-state index in [9.17, 15) is 8.78 Å². The standard InChI is InChI=1S/C20H30F2N4/c1-4-23-19(26-10-8-20(2,3)14-26)24-12-15-7-9-25(13-15)16-5-6-17(21)18(22)11-16/h5-6,11,15H,4,7-10,12-14H2,1-3H3,(H,23,24). The van der Waals surface area contributed by atoms with Gasteiger partial charge >= 0.3 is 0 Å². The zero-order chi connectivity index (χ0) is 18.7. The van der Waals surface area contributed by atoms with Crippen molar-refractivity contribution in [2.45, 2.75) is 33.6 Å². The van der Waals surface area contributed by atoms with Crippen LogP contribution in [0.2, 0.25) is 0 Å². The van der Waals surface area contributed by atoms with Crippen molar-refractivity contribution >= 4 is 11.6 Å². The van der Waals surface area contributed by atoms with Crippen molar-refractivity contribution in [3.63, 3.8) is 0 Å². The SMILES string of the molecule is CCNC(=NCC1CCN(c2ccc(F)c(F)c2)C1)N1CCC(C)(C)C1. The van der Waals surface area contributed by atoms with Crippen LogP contribution in [0.25, 0.3) is 0 Å². The van der Waals surface area contributed by atoms with Crippen molar-refractivity contribution in [1.82, 2.24) is 10.2 Å². The highest BCUT2D eigenvalue weighted by molar-refractivity contribution is 5.80. The molecule has 0 amide bonds. The lowest BCUT2D eigenvalue weighted by Gasteiger charge is -2.24. The van der Waals surface area contributed by atoms with Crippen LogP contribution in [0.3, 0.4) is 0 Å². The van der Waals surface area contributed by atoms with E-state index in [-0.39, 0.29) is 0 Å². The summed E-state index contributed by atoms with van der Waals surface area (Å²) in [5, 5.41) is 3.41. The fraction of sp³-hybridized carbons (Fsp3) is 0.650. The van der Waals surface area contributed by atoms with Crippen molar-refractivity contribution in [1.29, 1.82) is 0 Å². The second-order valence-electron chi connectivity index (χ2n) is 8.23. The number of benzene rings is 1. The summed E-state index contributed by atoms with van der Waals surface area (Å²) in [7, 11) is 0. The maximum absolute atomic E-state index is 13.5. The molecule has 26 heavy (non-hydrogen) atoms. The molecule has 0 spiro atoms. The molecule has 2 fully saturated rings. The molecule has 2 aliphatic rings. The zero-order valence-corrected chi connectivity index (χ0v) is 16.1. The number of rotatable bonds is 4. The third-order valence-electron chi connectivity index (χ3n) is 5.37. The lowest BCUT2D eigenvalue weighted by atomic mass is 9.93. The fourth-order valence-electron chi connectivity index (χ4n) is 3.83. The van der Waals surface area contributed by atoms with Gasteiger partial charge in [0.1, 0.15) is 0 Å². The molecule has 0 aromatic heterocycles. The van der Waals surface area contributed by atoms with E-state index >= 15 is 0 Å². The van der Waals surface area contributed by atoms with Gasteiger partial charge in [0, 0.05) is 51.0 Å². The fourth-order valence-corrected chi connectivity index (χ4v) is 3.83. The van der Waals surface area contributed by atoms with Gasteiger partial charge in [-0.05, 0) is 43.2 Å².